The molecule has 3 aromatic carbocycles. The molecule has 5 heteroatoms. The van der Waals surface area contributed by atoms with Crippen LogP contribution in [0.5, 0.6) is 0 Å². The second-order valence-corrected chi connectivity index (χ2v) is 10.1. The number of hydrogen-bond acceptors (Lipinski definition) is 3. The fourth-order valence-electron chi connectivity index (χ4n) is 4.32. The number of imide groups is 1. The van der Waals surface area contributed by atoms with Crippen molar-refractivity contribution in [2.75, 3.05) is 18.0 Å². The maximum Gasteiger partial charge on any atom is 0.261 e. The van der Waals surface area contributed by atoms with Crippen LogP contribution < -0.4 is 4.90 Å². The summed E-state index contributed by atoms with van der Waals surface area (Å²) in [4.78, 5) is 41.8. The number of amides is 3. The smallest absolute Gasteiger partial charge is 0.261 e. The van der Waals surface area contributed by atoms with Crippen molar-refractivity contribution in [1.29, 1.82) is 0 Å². The molecule has 0 aliphatic carbocycles. The van der Waals surface area contributed by atoms with Gasteiger partial charge in [-0.15, -0.1) is 0 Å². The summed E-state index contributed by atoms with van der Waals surface area (Å²) in [6.45, 7) is 9.29. The topological polar surface area (TPSA) is 57.7 Å². The molecule has 0 saturated carbocycles. The third-order valence-electron chi connectivity index (χ3n) is 6.48. The maximum atomic E-state index is 13.5. The molecular weight excluding hydrogens is 436 g/mol. The van der Waals surface area contributed by atoms with E-state index in [1.165, 1.54) is 10.5 Å². The quantitative estimate of drug-likeness (QED) is 0.315. The highest BCUT2D eigenvalue weighted by Gasteiger charge is 2.34. The first-order chi connectivity index (χ1) is 16.7. The molecule has 0 unspecified atom stereocenters. The van der Waals surface area contributed by atoms with E-state index in [1.807, 2.05) is 55.5 Å². The minimum atomic E-state index is -0.240. The van der Waals surface area contributed by atoms with Crippen LogP contribution in [0.15, 0.2) is 72.8 Å². The number of benzene rings is 3. The van der Waals surface area contributed by atoms with Crippen LogP contribution in [0.1, 0.15) is 75.8 Å². The van der Waals surface area contributed by atoms with E-state index in [4.69, 9.17) is 0 Å². The van der Waals surface area contributed by atoms with Gasteiger partial charge in [-0.1, -0.05) is 62.7 Å². The number of hydrogen-bond donors (Lipinski definition) is 0. The number of rotatable bonds is 7. The molecule has 3 amide bonds. The number of anilines is 1. The van der Waals surface area contributed by atoms with Gasteiger partial charge in [0.05, 0.1) is 11.1 Å². The van der Waals surface area contributed by atoms with Crippen molar-refractivity contribution < 1.29 is 14.4 Å². The molecule has 3 aromatic rings. The van der Waals surface area contributed by atoms with Crippen molar-refractivity contribution in [2.45, 2.75) is 46.0 Å². The summed E-state index contributed by atoms with van der Waals surface area (Å²) in [6, 6.07) is 22.7. The van der Waals surface area contributed by atoms with Gasteiger partial charge in [0.25, 0.3) is 17.7 Å². The molecule has 0 atom stereocenters. The summed E-state index contributed by atoms with van der Waals surface area (Å²) in [5.74, 6) is -0.540. The molecule has 0 N–H and O–H groups in total. The van der Waals surface area contributed by atoms with E-state index in [9.17, 15) is 14.4 Å². The maximum absolute atomic E-state index is 13.5. The van der Waals surface area contributed by atoms with E-state index in [2.05, 4.69) is 20.8 Å². The zero-order chi connectivity index (χ0) is 25.2. The Hall–Kier alpha value is -3.73. The molecule has 180 valence electrons. The second-order valence-electron chi connectivity index (χ2n) is 10.1. The SMILES string of the molecule is Cc1ccc(N(CCCCN2C(=O)c3ccccc3C2=O)C(=O)c2ccc(C(C)(C)C)cc2)cc1. The van der Waals surface area contributed by atoms with E-state index in [1.54, 1.807) is 29.2 Å². The van der Waals surface area contributed by atoms with Crippen LogP contribution >= 0.6 is 0 Å². The minimum absolute atomic E-state index is 0.0162. The highest BCUT2D eigenvalue weighted by Crippen LogP contribution is 2.25. The van der Waals surface area contributed by atoms with Gasteiger partial charge in [-0.25, -0.2) is 0 Å². The number of unbranched alkanes of at least 4 members (excludes halogenated alkanes) is 1. The van der Waals surface area contributed by atoms with Crippen molar-refractivity contribution >= 4 is 23.4 Å². The molecule has 0 spiro atoms. The van der Waals surface area contributed by atoms with Crippen LogP contribution in [0.4, 0.5) is 5.69 Å². The molecule has 0 fully saturated rings. The molecule has 0 radical (unpaired) electrons. The molecule has 35 heavy (non-hydrogen) atoms. The zero-order valence-corrected chi connectivity index (χ0v) is 20.9. The molecule has 0 saturated heterocycles. The lowest BCUT2D eigenvalue weighted by Gasteiger charge is -2.24. The fraction of sp³-hybridized carbons (Fsp3) is 0.300. The Morgan fingerprint density at radius 1 is 0.800 bits per heavy atom. The van der Waals surface area contributed by atoms with E-state index < -0.39 is 0 Å². The first-order valence-electron chi connectivity index (χ1n) is 12.1. The van der Waals surface area contributed by atoms with Crippen LogP contribution in [-0.2, 0) is 5.41 Å². The van der Waals surface area contributed by atoms with Gasteiger partial charge >= 0.3 is 0 Å². The van der Waals surface area contributed by atoms with Gasteiger partial charge < -0.3 is 4.90 Å². The lowest BCUT2D eigenvalue weighted by Crippen LogP contribution is -2.34. The highest BCUT2D eigenvalue weighted by atomic mass is 16.2. The largest absolute Gasteiger partial charge is 0.308 e. The van der Waals surface area contributed by atoms with Crippen LogP contribution in [-0.4, -0.2) is 35.7 Å². The Labute approximate surface area is 207 Å². The Bertz CT molecular complexity index is 1200. The number of aryl methyl sites for hydroxylation is 1. The van der Waals surface area contributed by atoms with Gasteiger partial charge in [-0.05, 0) is 67.1 Å². The minimum Gasteiger partial charge on any atom is -0.308 e. The summed E-state index contributed by atoms with van der Waals surface area (Å²) in [7, 11) is 0. The van der Waals surface area contributed by atoms with Crippen molar-refractivity contribution in [3.63, 3.8) is 0 Å². The summed E-state index contributed by atoms with van der Waals surface area (Å²) in [5, 5.41) is 0. The van der Waals surface area contributed by atoms with Gasteiger partial charge in [0.15, 0.2) is 0 Å². The Morgan fingerprint density at radius 3 is 1.91 bits per heavy atom. The number of carbonyl (C=O) groups is 3. The van der Waals surface area contributed by atoms with E-state index >= 15 is 0 Å². The van der Waals surface area contributed by atoms with Crippen LogP contribution in [0, 0.1) is 6.92 Å². The van der Waals surface area contributed by atoms with Crippen molar-refractivity contribution in [3.8, 4) is 0 Å². The monoisotopic (exact) mass is 468 g/mol. The van der Waals surface area contributed by atoms with E-state index in [0.717, 1.165) is 11.3 Å². The van der Waals surface area contributed by atoms with Crippen molar-refractivity contribution in [2.24, 2.45) is 0 Å². The third-order valence-corrected chi connectivity index (χ3v) is 6.48. The van der Waals surface area contributed by atoms with Crippen LogP contribution in [0.25, 0.3) is 0 Å². The van der Waals surface area contributed by atoms with Crippen molar-refractivity contribution in [1.82, 2.24) is 4.90 Å². The predicted octanol–water partition coefficient (Wildman–Crippen LogP) is 6.02. The standard InChI is InChI=1S/C30H32N2O3/c1-21-11-17-24(18-12-21)31(27(33)22-13-15-23(16-14-22)30(2,3)4)19-7-8-20-32-28(34)25-9-5-6-10-26(25)29(32)35/h5-6,9-18H,7-8,19-20H2,1-4H3. The summed E-state index contributed by atoms with van der Waals surface area (Å²) in [6.07, 6.45) is 1.27. The molecule has 5 nitrogen and oxygen atoms in total. The Kier molecular flexibility index (Phi) is 6.88. The average Bonchev–Trinajstić information content (AvgIpc) is 3.09. The van der Waals surface area contributed by atoms with Gasteiger partial charge in [-0.3, -0.25) is 19.3 Å². The van der Waals surface area contributed by atoms with E-state index in [-0.39, 0.29) is 23.1 Å². The molecular formula is C30H32N2O3. The zero-order valence-electron chi connectivity index (χ0n) is 20.9. The second kappa shape index (κ2) is 9.87. The lowest BCUT2D eigenvalue weighted by molar-refractivity contribution is 0.0651. The third kappa shape index (κ3) is 5.19. The summed E-state index contributed by atoms with van der Waals surface area (Å²) < 4.78 is 0. The number of carbonyl (C=O) groups excluding carboxylic acids is 3. The lowest BCUT2D eigenvalue weighted by atomic mass is 9.86. The Morgan fingerprint density at radius 2 is 1.37 bits per heavy atom. The Balaban J connectivity index is 1.45. The molecule has 1 aliphatic rings. The molecule has 1 heterocycles. The van der Waals surface area contributed by atoms with Crippen molar-refractivity contribution in [3.05, 3.63) is 101 Å². The summed E-state index contributed by atoms with van der Waals surface area (Å²) >= 11 is 0. The van der Waals surface area contributed by atoms with Gasteiger partial charge in [-0.2, -0.15) is 0 Å². The molecule has 0 bridgehead atoms. The highest BCUT2D eigenvalue weighted by molar-refractivity contribution is 6.21. The summed E-state index contributed by atoms with van der Waals surface area (Å²) in [5.41, 5.74) is 4.72. The first-order valence-corrected chi connectivity index (χ1v) is 12.1. The first kappa shape index (κ1) is 24.4. The van der Waals surface area contributed by atoms with Gasteiger partial charge in [0.2, 0.25) is 0 Å². The van der Waals surface area contributed by atoms with Gasteiger partial charge in [0.1, 0.15) is 0 Å². The van der Waals surface area contributed by atoms with Crippen LogP contribution in [0.3, 0.4) is 0 Å². The number of nitrogens with zero attached hydrogens (tertiary/aromatic N) is 2. The molecule has 1 aliphatic heterocycles. The van der Waals surface area contributed by atoms with Crippen LogP contribution in [0.2, 0.25) is 0 Å². The fourth-order valence-corrected chi connectivity index (χ4v) is 4.32. The number of fused-ring (bicyclic) bond motifs is 1. The molecule has 0 aromatic heterocycles. The molecule has 4 rings (SSSR count). The van der Waals surface area contributed by atoms with E-state index in [0.29, 0.717) is 42.6 Å². The average molecular weight is 469 g/mol. The normalized spacial score (nSPS) is 13.2. The van der Waals surface area contributed by atoms with Gasteiger partial charge in [0, 0.05) is 24.3 Å². The predicted molar refractivity (Wildman–Crippen MR) is 139 cm³/mol.